The molecule has 2 fully saturated rings. The topological polar surface area (TPSA) is 18.5 Å². The number of fused-ring (bicyclic) bond motifs is 2. The van der Waals surface area contributed by atoms with Gasteiger partial charge in [0.15, 0.2) is 0 Å². The number of hydrogen-bond acceptors (Lipinski definition) is 3. The summed E-state index contributed by atoms with van der Waals surface area (Å²) in [6, 6.07) is 3.17. The molecule has 2 heterocycles. The molecule has 2 rings (SSSR count). The second kappa shape index (κ2) is 6.36. The van der Waals surface area contributed by atoms with Gasteiger partial charge in [-0.3, -0.25) is 0 Å². The van der Waals surface area contributed by atoms with Crippen molar-refractivity contribution in [3.8, 4) is 0 Å². The molecule has 106 valence electrons. The van der Waals surface area contributed by atoms with Crippen molar-refractivity contribution >= 4 is 0 Å². The molecular weight excluding hydrogens is 222 g/mol. The van der Waals surface area contributed by atoms with Crippen molar-refractivity contribution in [3.63, 3.8) is 0 Å². The van der Waals surface area contributed by atoms with Crippen LogP contribution in [-0.4, -0.2) is 61.2 Å². The first-order valence-corrected chi connectivity index (χ1v) is 7.73. The fraction of sp³-hybridized carbons (Fsp3) is 1.00. The van der Waals surface area contributed by atoms with Gasteiger partial charge in [-0.2, -0.15) is 0 Å². The number of nitrogens with zero attached hydrogens (tertiary/aromatic N) is 2. The first-order valence-electron chi connectivity index (χ1n) is 7.73. The summed E-state index contributed by atoms with van der Waals surface area (Å²) in [5, 5.41) is 3.78. The monoisotopic (exact) mass is 253 g/mol. The molecule has 0 aromatic rings. The molecule has 0 spiro atoms. The minimum Gasteiger partial charge on any atom is -0.314 e. The van der Waals surface area contributed by atoms with Crippen LogP contribution in [0.4, 0.5) is 0 Å². The van der Waals surface area contributed by atoms with Gasteiger partial charge < -0.3 is 15.1 Å². The molecule has 0 aromatic carbocycles. The molecule has 3 nitrogen and oxygen atoms in total. The molecule has 3 heteroatoms. The lowest BCUT2D eigenvalue weighted by Gasteiger charge is -2.36. The van der Waals surface area contributed by atoms with Gasteiger partial charge in [-0.1, -0.05) is 0 Å². The van der Waals surface area contributed by atoms with E-state index in [2.05, 4.69) is 43.1 Å². The van der Waals surface area contributed by atoms with E-state index in [4.69, 9.17) is 0 Å². The van der Waals surface area contributed by atoms with E-state index in [0.29, 0.717) is 6.04 Å². The fourth-order valence-electron chi connectivity index (χ4n) is 3.47. The van der Waals surface area contributed by atoms with E-state index >= 15 is 0 Å². The molecule has 18 heavy (non-hydrogen) atoms. The maximum Gasteiger partial charge on any atom is 0.0111 e. The van der Waals surface area contributed by atoms with Crippen molar-refractivity contribution in [1.29, 1.82) is 0 Å². The van der Waals surface area contributed by atoms with Gasteiger partial charge in [0.05, 0.1) is 0 Å². The number of nitrogens with one attached hydrogen (secondary N) is 1. The van der Waals surface area contributed by atoms with E-state index in [1.165, 1.54) is 45.2 Å². The molecule has 2 aliphatic rings. The Bertz CT molecular complexity index is 240. The molecule has 0 saturated carbocycles. The normalized spacial score (nSPS) is 32.7. The first-order chi connectivity index (χ1) is 8.58. The van der Waals surface area contributed by atoms with Crippen molar-refractivity contribution < 1.29 is 0 Å². The predicted molar refractivity (Wildman–Crippen MR) is 78.0 cm³/mol. The molecular formula is C15H31N3. The maximum atomic E-state index is 3.78. The molecule has 0 amide bonds. The summed E-state index contributed by atoms with van der Waals surface area (Å²) < 4.78 is 0. The Kier molecular flexibility index (Phi) is 5.05. The Morgan fingerprint density at radius 2 is 1.83 bits per heavy atom. The second-order valence-electron chi connectivity index (χ2n) is 6.60. The van der Waals surface area contributed by atoms with Crippen LogP contribution in [0.1, 0.15) is 46.0 Å². The zero-order valence-electron chi connectivity index (χ0n) is 12.7. The third-order valence-corrected chi connectivity index (χ3v) is 5.10. The van der Waals surface area contributed by atoms with E-state index < -0.39 is 0 Å². The van der Waals surface area contributed by atoms with Gasteiger partial charge in [0.1, 0.15) is 0 Å². The van der Waals surface area contributed by atoms with Crippen LogP contribution in [0.3, 0.4) is 0 Å². The molecule has 0 aliphatic carbocycles. The van der Waals surface area contributed by atoms with Crippen LogP contribution in [0.15, 0.2) is 0 Å². The number of hydrogen-bond donors (Lipinski definition) is 1. The van der Waals surface area contributed by atoms with Crippen LogP contribution in [-0.2, 0) is 0 Å². The third-order valence-electron chi connectivity index (χ3n) is 5.10. The summed E-state index contributed by atoms with van der Waals surface area (Å²) in [5.74, 6) is 0. The molecule has 2 unspecified atom stereocenters. The van der Waals surface area contributed by atoms with Crippen LogP contribution in [0.5, 0.6) is 0 Å². The van der Waals surface area contributed by atoms with E-state index in [9.17, 15) is 0 Å². The van der Waals surface area contributed by atoms with E-state index in [-0.39, 0.29) is 0 Å². The van der Waals surface area contributed by atoms with Crippen molar-refractivity contribution in [1.82, 2.24) is 15.1 Å². The minimum atomic E-state index is 0.671. The zero-order valence-corrected chi connectivity index (χ0v) is 12.7. The summed E-state index contributed by atoms with van der Waals surface area (Å²) in [4.78, 5) is 5.05. The fourth-order valence-corrected chi connectivity index (χ4v) is 3.47. The van der Waals surface area contributed by atoms with Crippen molar-refractivity contribution in [3.05, 3.63) is 0 Å². The van der Waals surface area contributed by atoms with Crippen LogP contribution < -0.4 is 5.32 Å². The zero-order chi connectivity index (χ0) is 13.1. The highest BCUT2D eigenvalue weighted by Crippen LogP contribution is 2.34. The van der Waals surface area contributed by atoms with E-state index in [1.54, 1.807) is 0 Å². The molecule has 0 aromatic heterocycles. The summed E-state index contributed by atoms with van der Waals surface area (Å²) >= 11 is 0. The van der Waals surface area contributed by atoms with Gasteiger partial charge in [-0.05, 0) is 73.1 Å². The SMILES string of the molecule is CC(C)N(C)CCCNC1CC2CCC(C1)N2C. The number of rotatable bonds is 6. The van der Waals surface area contributed by atoms with Gasteiger partial charge in [-0.15, -0.1) is 0 Å². The van der Waals surface area contributed by atoms with Gasteiger partial charge >= 0.3 is 0 Å². The summed E-state index contributed by atoms with van der Waals surface area (Å²) in [5.41, 5.74) is 0. The van der Waals surface area contributed by atoms with Crippen LogP contribution in [0.25, 0.3) is 0 Å². The second-order valence-corrected chi connectivity index (χ2v) is 6.60. The molecule has 2 aliphatic heterocycles. The van der Waals surface area contributed by atoms with E-state index in [0.717, 1.165) is 18.1 Å². The molecule has 2 atom stereocenters. The highest BCUT2D eigenvalue weighted by atomic mass is 15.2. The Labute approximate surface area is 113 Å². The summed E-state index contributed by atoms with van der Waals surface area (Å²) in [6.07, 6.45) is 6.86. The lowest BCUT2D eigenvalue weighted by molar-refractivity contribution is 0.148. The van der Waals surface area contributed by atoms with Gasteiger partial charge in [-0.25, -0.2) is 0 Å². The highest BCUT2D eigenvalue weighted by Gasteiger charge is 2.37. The number of piperidine rings is 1. The van der Waals surface area contributed by atoms with Crippen molar-refractivity contribution in [2.24, 2.45) is 0 Å². The van der Waals surface area contributed by atoms with Crippen LogP contribution >= 0.6 is 0 Å². The van der Waals surface area contributed by atoms with Crippen LogP contribution in [0, 0.1) is 0 Å². The van der Waals surface area contributed by atoms with Crippen molar-refractivity contribution in [2.45, 2.75) is 70.1 Å². The Balaban J connectivity index is 1.61. The average molecular weight is 253 g/mol. The maximum absolute atomic E-state index is 3.78. The average Bonchev–Trinajstić information content (AvgIpc) is 2.56. The Hall–Kier alpha value is -0.120. The Morgan fingerprint density at radius 1 is 1.22 bits per heavy atom. The quantitative estimate of drug-likeness (QED) is 0.730. The van der Waals surface area contributed by atoms with Gasteiger partial charge in [0.25, 0.3) is 0 Å². The minimum absolute atomic E-state index is 0.671. The standard InChI is InChI=1S/C15H31N3/c1-12(2)17(3)9-5-8-16-13-10-14-6-7-15(11-13)18(14)4/h12-16H,5-11H2,1-4H3. The van der Waals surface area contributed by atoms with E-state index in [1.807, 2.05) is 0 Å². The molecule has 0 radical (unpaired) electrons. The predicted octanol–water partition coefficient (Wildman–Crippen LogP) is 1.93. The lowest BCUT2D eigenvalue weighted by atomic mass is 9.98. The smallest absolute Gasteiger partial charge is 0.0111 e. The van der Waals surface area contributed by atoms with Gasteiger partial charge in [0.2, 0.25) is 0 Å². The molecule has 2 bridgehead atoms. The third kappa shape index (κ3) is 3.46. The molecule has 1 N–H and O–H groups in total. The highest BCUT2D eigenvalue weighted by molar-refractivity contribution is 4.95. The lowest BCUT2D eigenvalue weighted by Crippen LogP contribution is -2.47. The summed E-state index contributed by atoms with van der Waals surface area (Å²) in [6.45, 7) is 6.93. The van der Waals surface area contributed by atoms with Crippen molar-refractivity contribution in [2.75, 3.05) is 27.2 Å². The Morgan fingerprint density at radius 3 is 2.39 bits per heavy atom. The van der Waals surface area contributed by atoms with Crippen LogP contribution in [0.2, 0.25) is 0 Å². The summed E-state index contributed by atoms with van der Waals surface area (Å²) in [7, 11) is 4.54. The van der Waals surface area contributed by atoms with Gasteiger partial charge in [0, 0.05) is 24.2 Å². The largest absolute Gasteiger partial charge is 0.314 e. The molecule has 2 saturated heterocycles. The first kappa shape index (κ1) is 14.3.